The second kappa shape index (κ2) is 8.76. The summed E-state index contributed by atoms with van der Waals surface area (Å²) >= 11 is 0. The van der Waals surface area contributed by atoms with Crippen LogP contribution < -0.4 is 10.6 Å². The lowest BCUT2D eigenvalue weighted by Crippen LogP contribution is -2.38. The summed E-state index contributed by atoms with van der Waals surface area (Å²) in [5, 5.41) is 14.6. The van der Waals surface area contributed by atoms with E-state index in [2.05, 4.69) is 10.6 Å². The Labute approximate surface area is 132 Å². The molecule has 1 aliphatic carbocycles. The van der Waals surface area contributed by atoms with Crippen LogP contribution in [0.5, 0.6) is 0 Å². The van der Waals surface area contributed by atoms with Gasteiger partial charge in [0.15, 0.2) is 0 Å². The van der Waals surface area contributed by atoms with Crippen LogP contribution in [0.4, 0.5) is 10.5 Å². The van der Waals surface area contributed by atoms with Gasteiger partial charge in [0.05, 0.1) is 6.61 Å². The summed E-state index contributed by atoms with van der Waals surface area (Å²) < 4.78 is 5.66. The summed E-state index contributed by atoms with van der Waals surface area (Å²) in [4.78, 5) is 11.9. The first-order valence-corrected chi connectivity index (χ1v) is 8.06. The van der Waals surface area contributed by atoms with E-state index in [0.717, 1.165) is 30.2 Å². The minimum absolute atomic E-state index is 0.00458. The van der Waals surface area contributed by atoms with Crippen LogP contribution in [0.25, 0.3) is 0 Å². The van der Waals surface area contributed by atoms with Crippen LogP contribution in [0, 0.1) is 5.92 Å². The zero-order valence-corrected chi connectivity index (χ0v) is 13.2. The molecule has 2 amide bonds. The average Bonchev–Trinajstić information content (AvgIpc) is 3.31. The number of amides is 2. The van der Waals surface area contributed by atoms with Crippen LogP contribution in [0.15, 0.2) is 24.3 Å². The van der Waals surface area contributed by atoms with Crippen molar-refractivity contribution in [2.75, 3.05) is 18.5 Å². The van der Waals surface area contributed by atoms with E-state index < -0.39 is 0 Å². The molecule has 0 spiro atoms. The molecule has 1 aromatic carbocycles. The Morgan fingerprint density at radius 3 is 2.95 bits per heavy atom. The highest BCUT2D eigenvalue weighted by Gasteiger charge is 2.21. The molecule has 3 N–H and O–H groups in total. The van der Waals surface area contributed by atoms with Gasteiger partial charge in [-0.2, -0.15) is 0 Å². The van der Waals surface area contributed by atoms with Crippen molar-refractivity contribution in [2.24, 2.45) is 5.92 Å². The largest absolute Gasteiger partial charge is 0.396 e. The predicted octanol–water partition coefficient (Wildman–Crippen LogP) is 2.90. The molecule has 1 unspecified atom stereocenters. The number of ether oxygens (including phenoxy) is 1. The van der Waals surface area contributed by atoms with Crippen molar-refractivity contribution in [1.82, 2.24) is 5.32 Å². The third kappa shape index (κ3) is 6.03. The predicted molar refractivity (Wildman–Crippen MR) is 86.8 cm³/mol. The van der Waals surface area contributed by atoms with Gasteiger partial charge in [-0.25, -0.2) is 4.79 Å². The van der Waals surface area contributed by atoms with Crippen LogP contribution in [0.3, 0.4) is 0 Å². The number of hydrogen-bond donors (Lipinski definition) is 3. The molecule has 5 nitrogen and oxygen atoms in total. The van der Waals surface area contributed by atoms with E-state index in [4.69, 9.17) is 9.84 Å². The number of carbonyl (C=O) groups excluding carboxylic acids is 1. The summed E-state index contributed by atoms with van der Waals surface area (Å²) in [6, 6.07) is 7.45. The third-order valence-corrected chi connectivity index (χ3v) is 3.81. The first kappa shape index (κ1) is 16.8. The van der Waals surface area contributed by atoms with Crippen LogP contribution in [-0.2, 0) is 11.3 Å². The van der Waals surface area contributed by atoms with Gasteiger partial charge >= 0.3 is 6.03 Å². The minimum Gasteiger partial charge on any atom is -0.396 e. The number of anilines is 1. The van der Waals surface area contributed by atoms with Crippen LogP contribution in [0.2, 0.25) is 0 Å². The fraction of sp³-hybridized carbons (Fsp3) is 0.588. The second-order valence-corrected chi connectivity index (χ2v) is 5.87. The first-order chi connectivity index (χ1) is 10.7. The van der Waals surface area contributed by atoms with Gasteiger partial charge in [0.25, 0.3) is 0 Å². The van der Waals surface area contributed by atoms with E-state index in [1.807, 2.05) is 31.2 Å². The maximum Gasteiger partial charge on any atom is 0.319 e. The number of rotatable bonds is 9. The molecule has 0 aliphatic heterocycles. The summed E-state index contributed by atoms with van der Waals surface area (Å²) in [7, 11) is 0. The molecular formula is C17H26N2O3. The van der Waals surface area contributed by atoms with Gasteiger partial charge < -0.3 is 20.5 Å². The highest BCUT2D eigenvalue weighted by atomic mass is 16.5. The normalized spacial score (nSPS) is 15.4. The average molecular weight is 306 g/mol. The van der Waals surface area contributed by atoms with Crippen molar-refractivity contribution < 1.29 is 14.6 Å². The number of aliphatic hydroxyl groups excluding tert-OH is 1. The molecule has 0 aromatic heterocycles. The number of aliphatic hydroxyl groups is 1. The third-order valence-electron chi connectivity index (χ3n) is 3.81. The summed E-state index contributed by atoms with van der Waals surface area (Å²) in [6.07, 6.45) is 3.93. The molecule has 0 radical (unpaired) electrons. The van der Waals surface area contributed by atoms with E-state index in [0.29, 0.717) is 13.0 Å². The van der Waals surface area contributed by atoms with Crippen molar-refractivity contribution in [3.8, 4) is 0 Å². The van der Waals surface area contributed by atoms with Crippen molar-refractivity contribution in [3.63, 3.8) is 0 Å². The Bertz CT molecular complexity index is 475. The van der Waals surface area contributed by atoms with Gasteiger partial charge in [0, 0.05) is 24.9 Å². The topological polar surface area (TPSA) is 70.6 Å². The monoisotopic (exact) mass is 306 g/mol. The van der Waals surface area contributed by atoms with Gasteiger partial charge in [-0.05, 0) is 49.3 Å². The number of carbonyl (C=O) groups is 1. The first-order valence-electron chi connectivity index (χ1n) is 8.06. The Morgan fingerprint density at radius 1 is 1.45 bits per heavy atom. The van der Waals surface area contributed by atoms with Gasteiger partial charge in [-0.3, -0.25) is 0 Å². The molecule has 122 valence electrons. The molecular weight excluding hydrogens is 280 g/mol. The standard InChI is InChI=1S/C17H26N2O3/c1-2-15(8-9-20)18-17(21)19-16-5-3-4-14(10-16)12-22-11-13-6-7-13/h3-5,10,13,15,20H,2,6-9,11-12H2,1H3,(H2,18,19,21). The molecule has 1 aliphatic rings. The molecule has 5 heteroatoms. The minimum atomic E-state index is -0.239. The Balaban J connectivity index is 1.79. The number of hydrogen-bond acceptors (Lipinski definition) is 3. The van der Waals surface area contributed by atoms with E-state index in [1.165, 1.54) is 12.8 Å². The lowest BCUT2D eigenvalue weighted by molar-refractivity contribution is 0.111. The van der Waals surface area contributed by atoms with Crippen molar-refractivity contribution in [1.29, 1.82) is 0 Å². The Kier molecular flexibility index (Phi) is 6.68. The maximum absolute atomic E-state index is 11.9. The maximum atomic E-state index is 11.9. The molecule has 0 saturated heterocycles. The smallest absolute Gasteiger partial charge is 0.319 e. The van der Waals surface area contributed by atoms with Gasteiger partial charge in [0.2, 0.25) is 0 Å². The number of urea groups is 1. The molecule has 1 atom stereocenters. The quantitative estimate of drug-likeness (QED) is 0.657. The highest BCUT2D eigenvalue weighted by molar-refractivity contribution is 5.89. The fourth-order valence-corrected chi connectivity index (χ4v) is 2.25. The number of benzene rings is 1. The second-order valence-electron chi connectivity index (χ2n) is 5.87. The van der Waals surface area contributed by atoms with Gasteiger partial charge in [0.1, 0.15) is 0 Å². The van der Waals surface area contributed by atoms with Crippen molar-refractivity contribution in [2.45, 2.75) is 45.3 Å². The summed E-state index contributed by atoms with van der Waals surface area (Å²) in [5.41, 5.74) is 1.81. The zero-order chi connectivity index (χ0) is 15.8. The molecule has 1 fully saturated rings. The number of nitrogens with one attached hydrogen (secondary N) is 2. The highest BCUT2D eigenvalue weighted by Crippen LogP contribution is 2.29. The zero-order valence-electron chi connectivity index (χ0n) is 13.2. The van der Waals surface area contributed by atoms with Gasteiger partial charge in [-0.15, -0.1) is 0 Å². The SMILES string of the molecule is CCC(CCO)NC(=O)Nc1cccc(COCC2CC2)c1. The Morgan fingerprint density at radius 2 is 2.27 bits per heavy atom. The van der Waals surface area contributed by atoms with Crippen molar-refractivity contribution in [3.05, 3.63) is 29.8 Å². The van der Waals surface area contributed by atoms with Crippen LogP contribution in [-0.4, -0.2) is 30.4 Å². The lowest BCUT2D eigenvalue weighted by atomic mass is 10.1. The van der Waals surface area contributed by atoms with Crippen LogP contribution >= 0.6 is 0 Å². The van der Waals surface area contributed by atoms with E-state index in [-0.39, 0.29) is 18.7 Å². The molecule has 0 bridgehead atoms. The molecule has 1 saturated carbocycles. The van der Waals surface area contributed by atoms with E-state index in [1.54, 1.807) is 0 Å². The van der Waals surface area contributed by atoms with Crippen molar-refractivity contribution >= 4 is 11.7 Å². The van der Waals surface area contributed by atoms with Gasteiger partial charge in [-0.1, -0.05) is 19.1 Å². The van der Waals surface area contributed by atoms with E-state index in [9.17, 15) is 4.79 Å². The van der Waals surface area contributed by atoms with Crippen LogP contribution in [0.1, 0.15) is 38.2 Å². The Hall–Kier alpha value is -1.59. The molecule has 1 aromatic rings. The summed E-state index contributed by atoms with van der Waals surface area (Å²) in [6.45, 7) is 3.47. The summed E-state index contributed by atoms with van der Waals surface area (Å²) in [5.74, 6) is 0.754. The fourth-order valence-electron chi connectivity index (χ4n) is 2.25. The molecule has 0 heterocycles. The molecule has 22 heavy (non-hydrogen) atoms. The molecule has 2 rings (SSSR count). The van der Waals surface area contributed by atoms with E-state index >= 15 is 0 Å². The lowest BCUT2D eigenvalue weighted by Gasteiger charge is -2.16.